The number of nitrogens with one attached hydrogen (secondary N) is 2. The van der Waals surface area contributed by atoms with E-state index in [1.54, 1.807) is 0 Å². The number of nitrogens with two attached hydrogens (primary N) is 1. The molecule has 0 saturated carbocycles. The third kappa shape index (κ3) is 8.26. The van der Waals surface area contributed by atoms with E-state index in [4.69, 9.17) is 5.73 Å². The summed E-state index contributed by atoms with van der Waals surface area (Å²) in [6, 6.07) is 0. The van der Waals surface area contributed by atoms with E-state index in [0.717, 1.165) is 25.7 Å². The molecule has 0 aliphatic heterocycles. The minimum atomic E-state index is -0.418. The van der Waals surface area contributed by atoms with Gasteiger partial charge >= 0.3 is 5.97 Å². The molecule has 1 rings (SSSR count). The Morgan fingerprint density at radius 3 is 2.67 bits per heavy atom. The van der Waals surface area contributed by atoms with Crippen molar-refractivity contribution in [1.29, 1.82) is 0 Å². The predicted octanol–water partition coefficient (Wildman–Crippen LogP) is 0.790. The lowest BCUT2D eigenvalue weighted by atomic mass is 10.1. The van der Waals surface area contributed by atoms with E-state index in [1.165, 1.54) is 7.11 Å². The second kappa shape index (κ2) is 11.0. The number of carbonyl (C=O) groups is 2. The predicted molar refractivity (Wildman–Crippen MR) is 80.1 cm³/mol. The van der Waals surface area contributed by atoms with Gasteiger partial charge < -0.3 is 10.5 Å². The summed E-state index contributed by atoms with van der Waals surface area (Å²) >= 11 is 0. The van der Waals surface area contributed by atoms with Gasteiger partial charge in [-0.05, 0) is 19.4 Å². The summed E-state index contributed by atoms with van der Waals surface area (Å²) in [6.07, 6.45) is 4.23. The standard InChI is InChI=1S/C12H21N5O3.ClH/c1-20-11(19)8-9-14-12(17-16-9)15-10(18)6-4-2-3-5-7-13;/h2-8,13H2,1H3,(H2,14,15,16,17,18);1H. The van der Waals surface area contributed by atoms with Crippen molar-refractivity contribution in [1.82, 2.24) is 15.2 Å². The van der Waals surface area contributed by atoms with Crippen LogP contribution >= 0.6 is 12.4 Å². The zero-order valence-corrected chi connectivity index (χ0v) is 12.9. The molecule has 9 heteroatoms. The fourth-order valence-corrected chi connectivity index (χ4v) is 1.61. The van der Waals surface area contributed by atoms with E-state index in [-0.39, 0.29) is 30.7 Å². The van der Waals surface area contributed by atoms with Gasteiger partial charge in [-0.1, -0.05) is 12.8 Å². The van der Waals surface area contributed by atoms with Gasteiger partial charge in [0.05, 0.1) is 7.11 Å². The molecule has 0 saturated heterocycles. The number of amides is 1. The van der Waals surface area contributed by atoms with Gasteiger partial charge in [-0.25, -0.2) is 0 Å². The van der Waals surface area contributed by atoms with E-state index >= 15 is 0 Å². The van der Waals surface area contributed by atoms with Crippen LogP contribution in [-0.4, -0.2) is 40.7 Å². The number of nitrogens with zero attached hydrogens (tertiary/aromatic N) is 2. The lowest BCUT2D eigenvalue weighted by Gasteiger charge is -2.00. The summed E-state index contributed by atoms with van der Waals surface area (Å²) in [6.45, 7) is 0.687. The number of hydrogen-bond donors (Lipinski definition) is 3. The molecule has 0 aliphatic rings. The Hall–Kier alpha value is -1.67. The second-order valence-corrected chi connectivity index (χ2v) is 4.36. The molecule has 1 amide bonds. The molecule has 1 aromatic rings. The van der Waals surface area contributed by atoms with Crippen LogP contribution in [0, 0.1) is 0 Å². The number of unbranched alkanes of at least 4 members (excludes halogenated alkanes) is 3. The van der Waals surface area contributed by atoms with Gasteiger partial charge in [0.1, 0.15) is 12.2 Å². The Morgan fingerprint density at radius 1 is 1.29 bits per heavy atom. The van der Waals surface area contributed by atoms with Crippen LogP contribution in [0.2, 0.25) is 0 Å². The Bertz CT molecular complexity index is 438. The van der Waals surface area contributed by atoms with Crippen LogP contribution in [0.5, 0.6) is 0 Å². The van der Waals surface area contributed by atoms with E-state index in [1.807, 2.05) is 0 Å². The van der Waals surface area contributed by atoms with Crippen LogP contribution in [0.15, 0.2) is 0 Å². The van der Waals surface area contributed by atoms with Gasteiger partial charge in [-0.15, -0.1) is 17.5 Å². The van der Waals surface area contributed by atoms with Gasteiger partial charge in [-0.2, -0.15) is 4.98 Å². The summed E-state index contributed by atoms with van der Waals surface area (Å²) in [5.74, 6) is -0.0220. The Morgan fingerprint density at radius 2 is 2.00 bits per heavy atom. The van der Waals surface area contributed by atoms with E-state index in [2.05, 4.69) is 25.2 Å². The first kappa shape index (κ1) is 19.3. The Kier molecular flexibility index (Phi) is 10.2. The van der Waals surface area contributed by atoms with Gasteiger partial charge in [0.2, 0.25) is 11.9 Å². The lowest BCUT2D eigenvalue weighted by molar-refractivity contribution is -0.139. The van der Waals surface area contributed by atoms with Crippen LogP contribution < -0.4 is 11.1 Å². The molecule has 1 heterocycles. The molecule has 0 atom stereocenters. The highest BCUT2D eigenvalue weighted by atomic mass is 35.5. The lowest BCUT2D eigenvalue weighted by Crippen LogP contribution is -2.12. The highest BCUT2D eigenvalue weighted by molar-refractivity contribution is 5.88. The largest absolute Gasteiger partial charge is 0.469 e. The topological polar surface area (TPSA) is 123 Å². The average Bonchev–Trinajstić information content (AvgIpc) is 2.85. The van der Waals surface area contributed by atoms with Crippen molar-refractivity contribution in [3.8, 4) is 0 Å². The van der Waals surface area contributed by atoms with Crippen molar-refractivity contribution < 1.29 is 14.3 Å². The molecular weight excluding hydrogens is 298 g/mol. The molecule has 4 N–H and O–H groups in total. The van der Waals surface area contributed by atoms with Crippen molar-refractivity contribution in [3.63, 3.8) is 0 Å². The molecule has 0 radical (unpaired) electrons. The molecule has 8 nitrogen and oxygen atoms in total. The summed E-state index contributed by atoms with van der Waals surface area (Å²) in [5, 5.41) is 8.95. The number of rotatable bonds is 9. The number of hydrogen-bond acceptors (Lipinski definition) is 6. The quantitative estimate of drug-likeness (QED) is 0.457. The Labute approximate surface area is 129 Å². The summed E-state index contributed by atoms with van der Waals surface area (Å²) in [7, 11) is 1.30. The highest BCUT2D eigenvalue weighted by Gasteiger charge is 2.10. The van der Waals surface area contributed by atoms with Crippen molar-refractivity contribution >= 4 is 30.2 Å². The molecule has 21 heavy (non-hydrogen) atoms. The first-order valence-corrected chi connectivity index (χ1v) is 6.63. The summed E-state index contributed by atoms with van der Waals surface area (Å²) in [4.78, 5) is 26.6. The van der Waals surface area contributed by atoms with Crippen LogP contribution in [0.25, 0.3) is 0 Å². The molecule has 0 aromatic carbocycles. The first-order valence-electron chi connectivity index (χ1n) is 6.63. The molecule has 0 bridgehead atoms. The monoisotopic (exact) mass is 319 g/mol. The van der Waals surface area contributed by atoms with Crippen LogP contribution in [0.4, 0.5) is 5.95 Å². The number of esters is 1. The van der Waals surface area contributed by atoms with Gasteiger partial charge in [-0.3, -0.25) is 20.0 Å². The van der Waals surface area contributed by atoms with Crippen molar-refractivity contribution in [2.24, 2.45) is 5.73 Å². The van der Waals surface area contributed by atoms with Gasteiger partial charge in [0, 0.05) is 6.42 Å². The zero-order valence-electron chi connectivity index (χ0n) is 12.1. The van der Waals surface area contributed by atoms with Crippen LogP contribution in [-0.2, 0) is 20.7 Å². The maximum Gasteiger partial charge on any atom is 0.313 e. The molecule has 1 aromatic heterocycles. The molecular formula is C12H22ClN5O3. The number of aromatic amines is 1. The van der Waals surface area contributed by atoms with E-state index in [0.29, 0.717) is 18.8 Å². The first-order chi connectivity index (χ1) is 9.65. The third-order valence-corrected chi connectivity index (χ3v) is 2.68. The van der Waals surface area contributed by atoms with E-state index in [9.17, 15) is 9.59 Å². The zero-order chi connectivity index (χ0) is 14.8. The third-order valence-electron chi connectivity index (χ3n) is 2.68. The number of carbonyl (C=O) groups excluding carboxylic acids is 2. The number of aromatic nitrogens is 3. The summed E-state index contributed by atoms with van der Waals surface area (Å²) < 4.78 is 4.51. The minimum Gasteiger partial charge on any atom is -0.469 e. The number of methoxy groups -OCH3 is 1. The fraction of sp³-hybridized carbons (Fsp3) is 0.667. The van der Waals surface area contributed by atoms with Crippen LogP contribution in [0.3, 0.4) is 0 Å². The Balaban J connectivity index is 0.00000400. The normalized spacial score (nSPS) is 9.81. The second-order valence-electron chi connectivity index (χ2n) is 4.36. The average molecular weight is 320 g/mol. The van der Waals surface area contributed by atoms with Gasteiger partial charge in [0.15, 0.2) is 0 Å². The van der Waals surface area contributed by atoms with Crippen molar-refractivity contribution in [2.75, 3.05) is 19.0 Å². The van der Waals surface area contributed by atoms with Crippen LogP contribution in [0.1, 0.15) is 37.9 Å². The van der Waals surface area contributed by atoms with Crippen molar-refractivity contribution in [2.45, 2.75) is 38.5 Å². The maximum absolute atomic E-state index is 11.6. The van der Waals surface area contributed by atoms with Crippen molar-refractivity contribution in [3.05, 3.63) is 5.82 Å². The molecule has 0 spiro atoms. The number of ether oxygens (including phenoxy) is 1. The number of halogens is 1. The van der Waals surface area contributed by atoms with Gasteiger partial charge in [0.25, 0.3) is 0 Å². The molecule has 0 aliphatic carbocycles. The molecule has 0 fully saturated rings. The minimum absolute atomic E-state index is 0. The summed E-state index contributed by atoms with van der Waals surface area (Å²) in [5.41, 5.74) is 5.39. The fourth-order valence-electron chi connectivity index (χ4n) is 1.61. The number of anilines is 1. The van der Waals surface area contributed by atoms with E-state index < -0.39 is 5.97 Å². The SMILES string of the molecule is COC(=O)Cc1nc(NC(=O)CCCCCCN)n[nH]1.Cl. The maximum atomic E-state index is 11.6. The smallest absolute Gasteiger partial charge is 0.313 e. The highest BCUT2D eigenvalue weighted by Crippen LogP contribution is 2.05. The number of H-pyrrole nitrogens is 1. The molecule has 120 valence electrons. The molecule has 0 unspecified atom stereocenters.